The highest BCUT2D eigenvalue weighted by molar-refractivity contribution is 4.87. The van der Waals surface area contributed by atoms with Crippen molar-refractivity contribution in [3.8, 4) is 0 Å². The van der Waals surface area contributed by atoms with Crippen LogP contribution in [0.3, 0.4) is 0 Å². The molecule has 2 N–H and O–H groups in total. The third-order valence-electron chi connectivity index (χ3n) is 5.34. The molecule has 0 aromatic heterocycles. The minimum absolute atomic E-state index is 0.759. The number of likely N-dealkylation sites (tertiary alicyclic amines) is 1. The highest BCUT2D eigenvalue weighted by Gasteiger charge is 2.32. The van der Waals surface area contributed by atoms with Gasteiger partial charge >= 0.3 is 0 Å². The molecular weight excluding hydrogens is 220 g/mol. The van der Waals surface area contributed by atoms with E-state index in [-0.39, 0.29) is 0 Å². The van der Waals surface area contributed by atoms with Crippen molar-refractivity contribution in [2.45, 2.75) is 77.3 Å². The Balaban J connectivity index is 1.83. The zero-order chi connectivity index (χ0) is 13.0. The minimum atomic E-state index is 0.759. The molecule has 1 aliphatic heterocycles. The third-order valence-corrected chi connectivity index (χ3v) is 5.34. The monoisotopic (exact) mass is 252 g/mol. The maximum absolute atomic E-state index is 5.88. The largest absolute Gasteiger partial charge is 0.330 e. The molecule has 0 spiro atoms. The van der Waals surface area contributed by atoms with E-state index >= 15 is 0 Å². The number of rotatable bonds is 4. The van der Waals surface area contributed by atoms with Crippen molar-refractivity contribution in [1.82, 2.24) is 4.90 Å². The Hall–Kier alpha value is -0.0800. The fourth-order valence-corrected chi connectivity index (χ4v) is 4.09. The molecule has 0 amide bonds. The van der Waals surface area contributed by atoms with E-state index in [1.165, 1.54) is 57.9 Å². The van der Waals surface area contributed by atoms with E-state index in [1.807, 2.05) is 0 Å². The lowest BCUT2D eigenvalue weighted by molar-refractivity contribution is 0.0463. The summed E-state index contributed by atoms with van der Waals surface area (Å²) in [4.78, 5) is 2.79. The van der Waals surface area contributed by atoms with Crippen LogP contribution in [0.15, 0.2) is 0 Å². The van der Waals surface area contributed by atoms with Gasteiger partial charge in [-0.3, -0.25) is 4.90 Å². The van der Waals surface area contributed by atoms with Gasteiger partial charge < -0.3 is 5.73 Å². The van der Waals surface area contributed by atoms with Crippen LogP contribution in [0, 0.1) is 11.8 Å². The quantitative estimate of drug-likeness (QED) is 0.831. The molecule has 1 saturated heterocycles. The Kier molecular flexibility index (Phi) is 5.50. The summed E-state index contributed by atoms with van der Waals surface area (Å²) in [6.07, 6.45) is 11.3. The predicted octanol–water partition coefficient (Wildman–Crippen LogP) is 3.40. The first-order chi connectivity index (χ1) is 8.74. The van der Waals surface area contributed by atoms with E-state index in [2.05, 4.69) is 18.7 Å². The Morgan fingerprint density at radius 2 is 1.67 bits per heavy atom. The van der Waals surface area contributed by atoms with E-state index in [0.717, 1.165) is 30.5 Å². The predicted molar refractivity (Wildman–Crippen MR) is 78.6 cm³/mol. The molecule has 2 fully saturated rings. The molecule has 2 unspecified atom stereocenters. The summed E-state index contributed by atoms with van der Waals surface area (Å²) in [5, 5.41) is 0. The number of nitrogens with two attached hydrogens (primary N) is 1. The molecule has 0 aromatic carbocycles. The first-order valence-corrected chi connectivity index (χ1v) is 8.20. The smallest absolute Gasteiger partial charge is 0.00984 e. The van der Waals surface area contributed by atoms with Gasteiger partial charge in [-0.05, 0) is 63.8 Å². The average molecular weight is 252 g/mol. The number of hydrogen-bond acceptors (Lipinski definition) is 2. The fraction of sp³-hybridized carbons (Fsp3) is 1.00. The van der Waals surface area contributed by atoms with Crippen molar-refractivity contribution >= 4 is 0 Å². The number of piperidine rings is 1. The molecule has 18 heavy (non-hydrogen) atoms. The SMILES string of the molecule is CCCC1CCC(N2CC(CN)CCC2C)CC1. The molecule has 0 bridgehead atoms. The van der Waals surface area contributed by atoms with Gasteiger partial charge in [0.05, 0.1) is 0 Å². The summed E-state index contributed by atoms with van der Waals surface area (Å²) in [7, 11) is 0. The summed E-state index contributed by atoms with van der Waals surface area (Å²) in [5.74, 6) is 1.78. The molecule has 0 aromatic rings. The molecule has 2 atom stereocenters. The second kappa shape index (κ2) is 6.91. The van der Waals surface area contributed by atoms with E-state index in [4.69, 9.17) is 5.73 Å². The molecule has 2 rings (SSSR count). The molecule has 1 saturated carbocycles. The summed E-state index contributed by atoms with van der Waals surface area (Å²) >= 11 is 0. The van der Waals surface area contributed by atoms with Gasteiger partial charge in [0.15, 0.2) is 0 Å². The van der Waals surface area contributed by atoms with Gasteiger partial charge in [0.1, 0.15) is 0 Å². The van der Waals surface area contributed by atoms with E-state index in [1.54, 1.807) is 0 Å². The fourth-order valence-electron chi connectivity index (χ4n) is 4.09. The number of nitrogens with zero attached hydrogens (tertiary/aromatic N) is 1. The standard InChI is InChI=1S/C16H32N2/c1-3-4-14-7-9-16(10-8-14)18-12-15(11-17)6-5-13(18)2/h13-16H,3-12,17H2,1-2H3. The van der Waals surface area contributed by atoms with Crippen LogP contribution in [0.5, 0.6) is 0 Å². The second-order valence-electron chi connectivity index (χ2n) is 6.69. The van der Waals surface area contributed by atoms with Crippen LogP contribution in [0.1, 0.15) is 65.2 Å². The molecular formula is C16H32N2. The summed E-state index contributed by atoms with van der Waals surface area (Å²) in [6.45, 7) is 6.89. The van der Waals surface area contributed by atoms with Crippen molar-refractivity contribution in [3.05, 3.63) is 0 Å². The second-order valence-corrected chi connectivity index (χ2v) is 6.69. The van der Waals surface area contributed by atoms with Crippen LogP contribution in [-0.4, -0.2) is 30.1 Å². The Labute approximate surface area is 113 Å². The summed E-state index contributed by atoms with van der Waals surface area (Å²) in [5.41, 5.74) is 5.88. The number of hydrogen-bond donors (Lipinski definition) is 1. The van der Waals surface area contributed by atoms with Crippen LogP contribution in [0.4, 0.5) is 0 Å². The van der Waals surface area contributed by atoms with Gasteiger partial charge in [-0.1, -0.05) is 19.8 Å². The van der Waals surface area contributed by atoms with E-state index < -0.39 is 0 Å². The lowest BCUT2D eigenvalue weighted by Gasteiger charge is -2.45. The van der Waals surface area contributed by atoms with Gasteiger partial charge in [-0.2, -0.15) is 0 Å². The Bertz CT molecular complexity index is 233. The lowest BCUT2D eigenvalue weighted by atomic mass is 9.81. The van der Waals surface area contributed by atoms with Gasteiger partial charge in [-0.15, -0.1) is 0 Å². The maximum Gasteiger partial charge on any atom is 0.00984 e. The normalized spacial score (nSPS) is 38.8. The van der Waals surface area contributed by atoms with Gasteiger partial charge in [0.25, 0.3) is 0 Å². The first kappa shape index (κ1) is 14.3. The van der Waals surface area contributed by atoms with Gasteiger partial charge in [-0.25, -0.2) is 0 Å². The molecule has 0 radical (unpaired) electrons. The highest BCUT2D eigenvalue weighted by atomic mass is 15.2. The first-order valence-electron chi connectivity index (χ1n) is 8.20. The summed E-state index contributed by atoms with van der Waals surface area (Å²) < 4.78 is 0. The molecule has 106 valence electrons. The van der Waals surface area contributed by atoms with Crippen molar-refractivity contribution < 1.29 is 0 Å². The zero-order valence-electron chi connectivity index (χ0n) is 12.4. The van der Waals surface area contributed by atoms with Crippen molar-refractivity contribution in [2.24, 2.45) is 17.6 Å². The zero-order valence-corrected chi connectivity index (χ0v) is 12.4. The van der Waals surface area contributed by atoms with Crippen LogP contribution in [-0.2, 0) is 0 Å². The molecule has 2 heteroatoms. The molecule has 2 nitrogen and oxygen atoms in total. The van der Waals surface area contributed by atoms with Crippen LogP contribution in [0.2, 0.25) is 0 Å². The molecule has 1 heterocycles. The lowest BCUT2D eigenvalue weighted by Crippen LogP contribution is -2.50. The van der Waals surface area contributed by atoms with Crippen LogP contribution < -0.4 is 5.73 Å². The average Bonchev–Trinajstić information content (AvgIpc) is 2.41. The summed E-state index contributed by atoms with van der Waals surface area (Å²) in [6, 6.07) is 1.66. The Morgan fingerprint density at radius 1 is 1.00 bits per heavy atom. The molecule has 1 aliphatic carbocycles. The third kappa shape index (κ3) is 3.48. The maximum atomic E-state index is 5.88. The van der Waals surface area contributed by atoms with Gasteiger partial charge in [0.2, 0.25) is 0 Å². The van der Waals surface area contributed by atoms with Crippen molar-refractivity contribution in [2.75, 3.05) is 13.1 Å². The van der Waals surface area contributed by atoms with Crippen LogP contribution in [0.25, 0.3) is 0 Å². The van der Waals surface area contributed by atoms with Crippen molar-refractivity contribution in [3.63, 3.8) is 0 Å². The minimum Gasteiger partial charge on any atom is -0.330 e. The topological polar surface area (TPSA) is 29.3 Å². The van der Waals surface area contributed by atoms with E-state index in [0.29, 0.717) is 0 Å². The van der Waals surface area contributed by atoms with Gasteiger partial charge in [0, 0.05) is 18.6 Å². The Morgan fingerprint density at radius 3 is 2.28 bits per heavy atom. The highest BCUT2D eigenvalue weighted by Crippen LogP contribution is 2.34. The van der Waals surface area contributed by atoms with E-state index in [9.17, 15) is 0 Å². The molecule has 2 aliphatic rings. The van der Waals surface area contributed by atoms with Crippen molar-refractivity contribution in [1.29, 1.82) is 0 Å². The van der Waals surface area contributed by atoms with Crippen LogP contribution >= 0.6 is 0 Å².